The second kappa shape index (κ2) is 7.09. The molecule has 4 fully saturated rings. The molecule has 7 heteroatoms. The van der Waals surface area contributed by atoms with Gasteiger partial charge in [-0.2, -0.15) is 5.10 Å². The lowest BCUT2D eigenvalue weighted by Gasteiger charge is -2.61. The molecule has 2 aromatic rings. The van der Waals surface area contributed by atoms with Gasteiger partial charge in [-0.25, -0.2) is 4.68 Å². The number of benzene rings is 1. The van der Waals surface area contributed by atoms with Gasteiger partial charge in [0.1, 0.15) is 5.02 Å². The average molecular weight is 442 g/mol. The minimum atomic E-state index is -0.747. The number of nitrogens with one attached hydrogen (secondary N) is 1. The van der Waals surface area contributed by atoms with Crippen LogP contribution in [0.5, 0.6) is 0 Å². The molecule has 4 saturated carbocycles. The van der Waals surface area contributed by atoms with Crippen LogP contribution < -0.4 is 10.9 Å². The lowest BCUT2D eigenvalue weighted by atomic mass is 9.46. The number of hydrogen-bond acceptors (Lipinski definition) is 4. The van der Waals surface area contributed by atoms with Crippen molar-refractivity contribution < 1.29 is 9.90 Å². The largest absolute Gasteiger partial charge is 0.481 e. The number of nitrogens with zero attached hydrogens (tertiary/aromatic N) is 2. The number of anilines is 2. The monoisotopic (exact) mass is 441 g/mol. The number of carboxylic acid groups (broad SMARTS) is 1. The molecule has 6 rings (SSSR count). The van der Waals surface area contributed by atoms with Crippen LogP contribution >= 0.6 is 11.6 Å². The topological polar surface area (TPSA) is 84.2 Å². The SMILES string of the molecule is Cc1cc(C)cc(Nc2cnn(C34C[C@H]5C[C@@H](CC(CC(=O)O)(C5)C3)C4)c(=O)c2Cl)c1. The van der Waals surface area contributed by atoms with Crippen molar-refractivity contribution in [2.75, 3.05) is 5.32 Å². The Morgan fingerprint density at radius 3 is 2.45 bits per heavy atom. The Morgan fingerprint density at radius 1 is 1.19 bits per heavy atom. The summed E-state index contributed by atoms with van der Waals surface area (Å²) < 4.78 is 1.59. The summed E-state index contributed by atoms with van der Waals surface area (Å²) in [6.07, 6.45) is 7.33. The summed E-state index contributed by atoms with van der Waals surface area (Å²) in [5, 5.41) is 17.5. The summed E-state index contributed by atoms with van der Waals surface area (Å²) in [4.78, 5) is 25.0. The van der Waals surface area contributed by atoms with Gasteiger partial charge in [0.15, 0.2) is 0 Å². The fourth-order valence-corrected chi connectivity index (χ4v) is 7.41. The molecule has 1 aromatic heterocycles. The van der Waals surface area contributed by atoms with E-state index in [9.17, 15) is 14.7 Å². The van der Waals surface area contributed by atoms with Gasteiger partial charge in [0.05, 0.1) is 23.8 Å². The maximum atomic E-state index is 13.4. The molecule has 1 heterocycles. The molecule has 31 heavy (non-hydrogen) atoms. The van der Waals surface area contributed by atoms with Gasteiger partial charge >= 0.3 is 5.97 Å². The Hall–Kier alpha value is -2.34. The first kappa shape index (κ1) is 20.6. The van der Waals surface area contributed by atoms with Gasteiger partial charge in [-0.3, -0.25) is 9.59 Å². The van der Waals surface area contributed by atoms with E-state index in [1.807, 2.05) is 26.0 Å². The molecular formula is C24H28ClN3O3. The van der Waals surface area contributed by atoms with Crippen molar-refractivity contribution in [1.29, 1.82) is 0 Å². The van der Waals surface area contributed by atoms with Crippen LogP contribution in [0.4, 0.5) is 11.4 Å². The highest BCUT2D eigenvalue weighted by Gasteiger charge is 2.59. The summed E-state index contributed by atoms with van der Waals surface area (Å²) in [6.45, 7) is 4.05. The Bertz CT molecular complexity index is 1090. The fourth-order valence-electron chi connectivity index (χ4n) is 7.24. The molecule has 0 saturated heterocycles. The predicted octanol–water partition coefficient (Wildman–Crippen LogP) is 5.03. The molecule has 6 nitrogen and oxygen atoms in total. The van der Waals surface area contributed by atoms with Crippen LogP contribution in [-0.4, -0.2) is 20.9 Å². The van der Waals surface area contributed by atoms with E-state index >= 15 is 0 Å². The van der Waals surface area contributed by atoms with E-state index in [1.54, 1.807) is 10.9 Å². The van der Waals surface area contributed by atoms with E-state index in [1.165, 1.54) is 0 Å². The van der Waals surface area contributed by atoms with Gasteiger partial charge in [0, 0.05) is 5.69 Å². The molecule has 4 bridgehead atoms. The predicted molar refractivity (Wildman–Crippen MR) is 120 cm³/mol. The number of hydrogen-bond donors (Lipinski definition) is 2. The van der Waals surface area contributed by atoms with Crippen molar-refractivity contribution in [3.63, 3.8) is 0 Å². The molecule has 0 radical (unpaired) electrons. The van der Waals surface area contributed by atoms with E-state index in [0.29, 0.717) is 23.9 Å². The molecule has 2 N–H and O–H groups in total. The normalized spacial score (nSPS) is 31.1. The molecule has 164 valence electrons. The molecule has 0 aliphatic heterocycles. The quantitative estimate of drug-likeness (QED) is 0.679. The summed E-state index contributed by atoms with van der Waals surface area (Å²) in [5.74, 6) is 0.172. The summed E-state index contributed by atoms with van der Waals surface area (Å²) in [7, 11) is 0. The lowest BCUT2D eigenvalue weighted by Crippen LogP contribution is -2.59. The van der Waals surface area contributed by atoms with Crippen LogP contribution in [0.15, 0.2) is 29.2 Å². The first-order valence-electron chi connectivity index (χ1n) is 11.0. The Labute approximate surface area is 186 Å². The van der Waals surface area contributed by atoms with Gasteiger partial charge in [-0.15, -0.1) is 0 Å². The van der Waals surface area contributed by atoms with Crippen molar-refractivity contribution >= 4 is 28.9 Å². The molecule has 0 unspecified atom stereocenters. The Balaban J connectivity index is 1.50. The highest BCUT2D eigenvalue weighted by atomic mass is 35.5. The van der Waals surface area contributed by atoms with E-state index in [-0.39, 0.29) is 22.4 Å². The van der Waals surface area contributed by atoms with Crippen LogP contribution in [0.1, 0.15) is 56.1 Å². The minimum Gasteiger partial charge on any atom is -0.481 e. The maximum Gasteiger partial charge on any atom is 0.303 e. The Kier molecular flexibility index (Phi) is 4.70. The highest BCUT2D eigenvalue weighted by Crippen LogP contribution is 2.65. The maximum absolute atomic E-state index is 13.4. The molecule has 0 spiro atoms. The minimum absolute atomic E-state index is 0.136. The fraction of sp³-hybridized carbons (Fsp3) is 0.542. The van der Waals surface area contributed by atoms with Crippen molar-refractivity contribution in [2.24, 2.45) is 17.3 Å². The summed E-state index contributed by atoms with van der Waals surface area (Å²) in [5.41, 5.74) is 2.68. The third-order valence-corrected chi connectivity index (χ3v) is 7.91. The van der Waals surface area contributed by atoms with Gasteiger partial charge in [-0.05, 0) is 92.9 Å². The third kappa shape index (κ3) is 3.55. The number of carboxylic acids is 1. The van der Waals surface area contributed by atoms with E-state index in [2.05, 4.69) is 16.5 Å². The molecular weight excluding hydrogens is 414 g/mol. The smallest absolute Gasteiger partial charge is 0.303 e. The molecule has 1 aromatic carbocycles. The molecule has 4 aliphatic carbocycles. The first-order chi connectivity index (χ1) is 14.7. The zero-order valence-electron chi connectivity index (χ0n) is 17.9. The lowest BCUT2D eigenvalue weighted by molar-refractivity contribution is -0.151. The Morgan fingerprint density at radius 2 is 1.84 bits per heavy atom. The van der Waals surface area contributed by atoms with Crippen LogP contribution in [0.2, 0.25) is 5.02 Å². The number of rotatable bonds is 5. The highest BCUT2D eigenvalue weighted by molar-refractivity contribution is 6.33. The van der Waals surface area contributed by atoms with Crippen LogP contribution in [0.25, 0.3) is 0 Å². The van der Waals surface area contributed by atoms with E-state index in [0.717, 1.165) is 48.9 Å². The summed E-state index contributed by atoms with van der Waals surface area (Å²) >= 11 is 6.56. The number of carbonyl (C=O) groups is 1. The second-order valence-corrected chi connectivity index (χ2v) is 10.7. The molecule has 0 amide bonds. The third-order valence-electron chi connectivity index (χ3n) is 7.55. The molecule has 2 atom stereocenters. The molecule has 4 aliphatic rings. The standard InChI is InChI=1S/C24H28ClN3O3/c1-14-3-15(2)5-18(4-14)27-19-12-26-28(22(31)21(19)25)24-9-16-6-17(10-24)8-23(7-16,13-24)11-20(29)30/h3-5,12,16-17,27H,6-11,13H2,1-2H3,(H,29,30)/t16-,17-,23?,24?/m0/s1. The van der Waals surface area contributed by atoms with Gasteiger partial charge < -0.3 is 10.4 Å². The average Bonchev–Trinajstić information content (AvgIpc) is 2.62. The van der Waals surface area contributed by atoms with Crippen LogP contribution in [0.3, 0.4) is 0 Å². The summed E-state index contributed by atoms with van der Waals surface area (Å²) in [6, 6.07) is 6.09. The van der Waals surface area contributed by atoms with Crippen LogP contribution in [0, 0.1) is 31.1 Å². The zero-order valence-corrected chi connectivity index (χ0v) is 18.7. The van der Waals surface area contributed by atoms with Gasteiger partial charge in [0.2, 0.25) is 0 Å². The van der Waals surface area contributed by atoms with Gasteiger partial charge in [-0.1, -0.05) is 17.7 Å². The van der Waals surface area contributed by atoms with Crippen molar-refractivity contribution in [1.82, 2.24) is 9.78 Å². The first-order valence-corrected chi connectivity index (χ1v) is 11.4. The zero-order chi connectivity index (χ0) is 22.0. The second-order valence-electron chi connectivity index (χ2n) is 10.3. The number of aryl methyl sites for hydroxylation is 2. The van der Waals surface area contributed by atoms with E-state index < -0.39 is 11.5 Å². The number of halogens is 1. The van der Waals surface area contributed by atoms with E-state index in [4.69, 9.17) is 11.6 Å². The number of aliphatic carboxylic acids is 1. The number of aromatic nitrogens is 2. The van der Waals surface area contributed by atoms with Gasteiger partial charge in [0.25, 0.3) is 5.56 Å². The van der Waals surface area contributed by atoms with Crippen LogP contribution in [-0.2, 0) is 10.3 Å². The van der Waals surface area contributed by atoms with Crippen molar-refractivity contribution in [2.45, 2.75) is 64.3 Å². The van der Waals surface area contributed by atoms with Crippen molar-refractivity contribution in [3.05, 3.63) is 50.9 Å². The van der Waals surface area contributed by atoms with Crippen molar-refractivity contribution in [3.8, 4) is 0 Å².